The Balaban J connectivity index is 2.05. The van der Waals surface area contributed by atoms with Crippen LogP contribution in [0.5, 0.6) is 0 Å². The van der Waals surface area contributed by atoms with E-state index in [2.05, 4.69) is 5.32 Å². The van der Waals surface area contributed by atoms with Crippen LogP contribution in [0.25, 0.3) is 0 Å². The molecule has 2 amide bonds. The van der Waals surface area contributed by atoms with Gasteiger partial charge in [0.05, 0.1) is 10.6 Å². The van der Waals surface area contributed by atoms with Crippen LogP contribution in [-0.2, 0) is 26.2 Å². The maximum atomic E-state index is 13.8. The Bertz CT molecular complexity index is 1350. The zero-order valence-corrected chi connectivity index (χ0v) is 23.3. The van der Waals surface area contributed by atoms with E-state index in [0.717, 1.165) is 4.31 Å². The van der Waals surface area contributed by atoms with Crippen molar-refractivity contribution in [3.8, 4) is 0 Å². The van der Waals surface area contributed by atoms with Gasteiger partial charge in [-0.25, -0.2) is 8.42 Å². The molecule has 1 N–H and O–H groups in total. The number of nitrogens with zero attached hydrogens (tertiary/aromatic N) is 2. The number of anilines is 1. The molecule has 11 heteroatoms. The highest BCUT2D eigenvalue weighted by Crippen LogP contribution is 2.27. The Kier molecular flexibility index (Phi) is 9.84. The molecule has 7 nitrogen and oxygen atoms in total. The lowest BCUT2D eigenvalue weighted by atomic mass is 10.1. The van der Waals surface area contributed by atoms with Crippen LogP contribution in [0.4, 0.5) is 5.69 Å². The number of sulfonamides is 1. The molecule has 3 rings (SSSR count). The standard InChI is InChI=1S/C26H26Cl3N3O4S/c1-3-24(26(34)30-2)31(16-18-9-10-20(28)15-23(18)29)25(33)17-32(21-7-5-4-6-8-21)37(35,36)22-13-11-19(27)12-14-22/h4-15,24H,3,16-17H2,1-2H3,(H,30,34)/t24-/m0/s1. The summed E-state index contributed by atoms with van der Waals surface area (Å²) in [6.45, 7) is 1.20. The van der Waals surface area contributed by atoms with E-state index in [1.54, 1.807) is 55.5 Å². The Labute approximate surface area is 232 Å². The number of carbonyl (C=O) groups excluding carboxylic acids is 2. The molecule has 0 saturated heterocycles. The number of hydrogen-bond acceptors (Lipinski definition) is 4. The molecular weight excluding hydrogens is 557 g/mol. The zero-order valence-electron chi connectivity index (χ0n) is 20.2. The minimum Gasteiger partial charge on any atom is -0.357 e. The predicted molar refractivity (Wildman–Crippen MR) is 148 cm³/mol. The normalized spacial score (nSPS) is 12.0. The summed E-state index contributed by atoms with van der Waals surface area (Å²) in [5.74, 6) is -0.962. The molecule has 37 heavy (non-hydrogen) atoms. The smallest absolute Gasteiger partial charge is 0.264 e. The Morgan fingerprint density at radius 3 is 2.11 bits per heavy atom. The van der Waals surface area contributed by atoms with Gasteiger partial charge >= 0.3 is 0 Å². The van der Waals surface area contributed by atoms with E-state index >= 15 is 0 Å². The van der Waals surface area contributed by atoms with Gasteiger partial charge in [-0.15, -0.1) is 0 Å². The number of nitrogens with one attached hydrogen (secondary N) is 1. The van der Waals surface area contributed by atoms with Gasteiger partial charge in [0.25, 0.3) is 10.0 Å². The molecule has 0 spiro atoms. The van der Waals surface area contributed by atoms with Gasteiger partial charge in [-0.05, 0) is 60.5 Å². The first kappa shape index (κ1) is 28.8. The van der Waals surface area contributed by atoms with Gasteiger partial charge in [0.1, 0.15) is 12.6 Å². The summed E-state index contributed by atoms with van der Waals surface area (Å²) in [6, 6.07) is 18.0. The number of rotatable bonds is 10. The topological polar surface area (TPSA) is 86.8 Å². The second-order valence-electron chi connectivity index (χ2n) is 8.10. The SMILES string of the molecule is CC[C@@H](C(=O)NC)N(Cc1ccc(Cl)cc1Cl)C(=O)CN(c1ccccc1)S(=O)(=O)c1ccc(Cl)cc1. The third-order valence-electron chi connectivity index (χ3n) is 5.71. The molecule has 0 saturated carbocycles. The molecule has 196 valence electrons. The molecule has 3 aromatic carbocycles. The first-order valence-electron chi connectivity index (χ1n) is 11.4. The second-order valence-corrected chi connectivity index (χ2v) is 11.2. The summed E-state index contributed by atoms with van der Waals surface area (Å²) >= 11 is 18.3. The van der Waals surface area contributed by atoms with E-state index in [-0.39, 0.29) is 17.3 Å². The molecule has 3 aromatic rings. The highest BCUT2D eigenvalue weighted by molar-refractivity contribution is 7.92. The van der Waals surface area contributed by atoms with Crippen LogP contribution in [-0.4, -0.2) is 44.8 Å². The molecule has 0 aromatic heterocycles. The molecule has 0 heterocycles. The molecule has 0 fully saturated rings. The molecule has 0 aliphatic carbocycles. The lowest BCUT2D eigenvalue weighted by Gasteiger charge is -2.33. The van der Waals surface area contributed by atoms with E-state index in [1.165, 1.54) is 36.2 Å². The first-order chi connectivity index (χ1) is 17.6. The summed E-state index contributed by atoms with van der Waals surface area (Å²) < 4.78 is 28.4. The summed E-state index contributed by atoms with van der Waals surface area (Å²) in [5.41, 5.74) is 0.858. The van der Waals surface area contributed by atoms with Gasteiger partial charge in [-0.1, -0.05) is 66.0 Å². The predicted octanol–water partition coefficient (Wildman–Crippen LogP) is 5.40. The van der Waals surface area contributed by atoms with Crippen LogP contribution in [0.15, 0.2) is 77.7 Å². The minimum atomic E-state index is -4.16. The fourth-order valence-corrected chi connectivity index (χ4v) is 5.78. The van der Waals surface area contributed by atoms with Crippen molar-refractivity contribution >= 4 is 62.3 Å². The quantitative estimate of drug-likeness (QED) is 0.347. The summed E-state index contributed by atoms with van der Waals surface area (Å²) in [6.07, 6.45) is 0.298. The van der Waals surface area contributed by atoms with Crippen LogP contribution in [0.2, 0.25) is 15.1 Å². The van der Waals surface area contributed by atoms with Gasteiger partial charge in [0.15, 0.2) is 0 Å². The maximum Gasteiger partial charge on any atom is 0.264 e. The lowest BCUT2D eigenvalue weighted by Crippen LogP contribution is -2.51. The molecule has 0 aliphatic rings. The summed E-state index contributed by atoms with van der Waals surface area (Å²) in [5, 5.41) is 3.70. The van der Waals surface area contributed by atoms with Gasteiger partial charge in [-0.2, -0.15) is 0 Å². The Hall–Kier alpha value is -2.78. The van der Waals surface area contributed by atoms with Gasteiger partial charge in [0, 0.05) is 28.7 Å². The average molecular weight is 583 g/mol. The molecule has 0 radical (unpaired) electrons. The van der Waals surface area contributed by atoms with Crippen molar-refractivity contribution in [2.75, 3.05) is 17.9 Å². The molecule has 1 atom stereocenters. The van der Waals surface area contributed by atoms with Crippen LogP contribution in [0.3, 0.4) is 0 Å². The number of halogens is 3. The lowest BCUT2D eigenvalue weighted by molar-refractivity contribution is -0.140. The van der Waals surface area contributed by atoms with Gasteiger partial charge < -0.3 is 10.2 Å². The van der Waals surface area contributed by atoms with Crippen LogP contribution < -0.4 is 9.62 Å². The number of carbonyl (C=O) groups is 2. The molecule has 0 unspecified atom stereocenters. The van der Waals surface area contributed by atoms with Crippen LogP contribution >= 0.6 is 34.8 Å². The monoisotopic (exact) mass is 581 g/mol. The largest absolute Gasteiger partial charge is 0.357 e. The highest BCUT2D eigenvalue weighted by atomic mass is 35.5. The second kappa shape index (κ2) is 12.6. The highest BCUT2D eigenvalue weighted by Gasteiger charge is 2.33. The zero-order chi connectivity index (χ0) is 27.2. The third-order valence-corrected chi connectivity index (χ3v) is 8.34. The molecule has 0 bridgehead atoms. The van der Waals surface area contributed by atoms with E-state index in [0.29, 0.717) is 32.7 Å². The van der Waals surface area contributed by atoms with Crippen LogP contribution in [0.1, 0.15) is 18.9 Å². The number of likely N-dealkylation sites (N-methyl/N-ethyl adjacent to an activating group) is 1. The molecular formula is C26H26Cl3N3O4S. The van der Waals surface area contributed by atoms with Gasteiger partial charge in [-0.3, -0.25) is 13.9 Å². The average Bonchev–Trinajstić information content (AvgIpc) is 2.88. The van der Waals surface area contributed by atoms with E-state index in [9.17, 15) is 18.0 Å². The fraction of sp³-hybridized carbons (Fsp3) is 0.231. The van der Waals surface area contributed by atoms with E-state index < -0.39 is 28.5 Å². The Morgan fingerprint density at radius 1 is 0.919 bits per heavy atom. The number of para-hydroxylation sites is 1. The first-order valence-corrected chi connectivity index (χ1v) is 13.9. The summed E-state index contributed by atoms with van der Waals surface area (Å²) in [7, 11) is -2.68. The van der Waals surface area contributed by atoms with Crippen molar-refractivity contribution in [3.63, 3.8) is 0 Å². The van der Waals surface area contributed by atoms with Crippen molar-refractivity contribution in [2.24, 2.45) is 0 Å². The number of benzene rings is 3. The minimum absolute atomic E-state index is 0.0234. The van der Waals surface area contributed by atoms with E-state index in [1.807, 2.05) is 0 Å². The number of hydrogen-bond donors (Lipinski definition) is 1. The maximum absolute atomic E-state index is 13.8. The fourth-order valence-electron chi connectivity index (χ4n) is 3.78. The van der Waals surface area contributed by atoms with E-state index in [4.69, 9.17) is 34.8 Å². The van der Waals surface area contributed by atoms with Crippen molar-refractivity contribution in [1.29, 1.82) is 0 Å². The van der Waals surface area contributed by atoms with Crippen molar-refractivity contribution in [3.05, 3.63) is 93.4 Å². The Morgan fingerprint density at radius 2 is 1.54 bits per heavy atom. The van der Waals surface area contributed by atoms with Crippen molar-refractivity contribution in [1.82, 2.24) is 10.2 Å². The van der Waals surface area contributed by atoms with Crippen LogP contribution in [0, 0.1) is 0 Å². The third kappa shape index (κ3) is 6.96. The molecule has 0 aliphatic heterocycles. The number of amides is 2. The summed E-state index contributed by atoms with van der Waals surface area (Å²) in [4.78, 5) is 27.8. The van der Waals surface area contributed by atoms with Crippen molar-refractivity contribution in [2.45, 2.75) is 30.8 Å². The van der Waals surface area contributed by atoms with Gasteiger partial charge in [0.2, 0.25) is 11.8 Å². The van der Waals surface area contributed by atoms with Crippen molar-refractivity contribution < 1.29 is 18.0 Å².